The molecule has 0 amide bonds. The standard InChI is InChI=1S/C16H20N2O/c1-12-7-8-16(15(17)9-12)19-11-13-5-4-6-14(10-13)18(2)3/h4-10H,11,17H2,1-3H3. The lowest BCUT2D eigenvalue weighted by Gasteiger charge is -2.14. The summed E-state index contributed by atoms with van der Waals surface area (Å²) in [5.74, 6) is 0.737. The summed E-state index contributed by atoms with van der Waals surface area (Å²) >= 11 is 0. The highest BCUT2D eigenvalue weighted by Gasteiger charge is 2.02. The van der Waals surface area contributed by atoms with E-state index in [2.05, 4.69) is 23.1 Å². The number of aryl methyl sites for hydroxylation is 1. The second kappa shape index (κ2) is 5.65. The van der Waals surface area contributed by atoms with Crippen LogP contribution in [0.25, 0.3) is 0 Å². The van der Waals surface area contributed by atoms with Gasteiger partial charge in [-0.2, -0.15) is 0 Å². The van der Waals surface area contributed by atoms with Gasteiger partial charge in [-0.1, -0.05) is 18.2 Å². The first-order valence-electron chi connectivity index (χ1n) is 6.31. The van der Waals surface area contributed by atoms with Gasteiger partial charge in [-0.3, -0.25) is 0 Å². The van der Waals surface area contributed by atoms with Crippen LogP contribution in [0.5, 0.6) is 5.75 Å². The smallest absolute Gasteiger partial charge is 0.142 e. The molecule has 2 aromatic rings. The van der Waals surface area contributed by atoms with Crippen molar-refractivity contribution in [3.8, 4) is 5.75 Å². The fourth-order valence-corrected chi connectivity index (χ4v) is 1.88. The highest BCUT2D eigenvalue weighted by atomic mass is 16.5. The second-order valence-electron chi connectivity index (χ2n) is 4.89. The second-order valence-corrected chi connectivity index (χ2v) is 4.89. The fraction of sp³-hybridized carbons (Fsp3) is 0.250. The molecule has 2 N–H and O–H groups in total. The predicted octanol–water partition coefficient (Wildman–Crippen LogP) is 3.22. The number of rotatable bonds is 4. The lowest BCUT2D eigenvalue weighted by atomic mass is 10.2. The molecule has 0 heterocycles. The Labute approximate surface area is 114 Å². The van der Waals surface area contributed by atoms with Crippen molar-refractivity contribution in [2.45, 2.75) is 13.5 Å². The Balaban J connectivity index is 2.08. The maximum atomic E-state index is 5.93. The number of ether oxygens (including phenoxy) is 1. The van der Waals surface area contributed by atoms with E-state index < -0.39 is 0 Å². The molecule has 0 aliphatic rings. The van der Waals surface area contributed by atoms with Gasteiger partial charge < -0.3 is 15.4 Å². The van der Waals surface area contributed by atoms with Crippen LogP contribution in [0.3, 0.4) is 0 Å². The summed E-state index contributed by atoms with van der Waals surface area (Å²) in [7, 11) is 4.05. The van der Waals surface area contributed by atoms with Crippen molar-refractivity contribution in [2.24, 2.45) is 0 Å². The van der Waals surface area contributed by atoms with Gasteiger partial charge in [0.1, 0.15) is 12.4 Å². The summed E-state index contributed by atoms with van der Waals surface area (Å²) in [4.78, 5) is 2.07. The third-order valence-corrected chi connectivity index (χ3v) is 2.99. The summed E-state index contributed by atoms with van der Waals surface area (Å²) in [6.07, 6.45) is 0. The van der Waals surface area contributed by atoms with Crippen LogP contribution in [0.2, 0.25) is 0 Å². The van der Waals surface area contributed by atoms with E-state index in [1.165, 1.54) is 0 Å². The topological polar surface area (TPSA) is 38.5 Å². The lowest BCUT2D eigenvalue weighted by molar-refractivity contribution is 0.308. The van der Waals surface area contributed by atoms with Gasteiger partial charge in [-0.05, 0) is 42.3 Å². The van der Waals surface area contributed by atoms with Crippen molar-refractivity contribution in [2.75, 3.05) is 24.7 Å². The van der Waals surface area contributed by atoms with Crippen LogP contribution in [0.1, 0.15) is 11.1 Å². The molecule has 19 heavy (non-hydrogen) atoms. The number of hydrogen-bond donors (Lipinski definition) is 1. The normalized spacial score (nSPS) is 10.3. The van der Waals surface area contributed by atoms with Crippen LogP contribution in [-0.2, 0) is 6.61 Å². The number of anilines is 2. The predicted molar refractivity (Wildman–Crippen MR) is 80.7 cm³/mol. The van der Waals surface area contributed by atoms with Gasteiger partial charge in [-0.25, -0.2) is 0 Å². The molecular weight excluding hydrogens is 236 g/mol. The molecule has 2 rings (SSSR count). The van der Waals surface area contributed by atoms with Crippen LogP contribution in [0, 0.1) is 6.92 Å². The summed E-state index contributed by atoms with van der Waals surface area (Å²) in [6.45, 7) is 2.54. The van der Waals surface area contributed by atoms with Crippen LogP contribution in [-0.4, -0.2) is 14.1 Å². The minimum Gasteiger partial charge on any atom is -0.487 e. The van der Waals surface area contributed by atoms with Crippen molar-refractivity contribution in [3.05, 3.63) is 53.6 Å². The van der Waals surface area contributed by atoms with E-state index in [1.807, 2.05) is 45.3 Å². The van der Waals surface area contributed by atoms with E-state index in [0.29, 0.717) is 12.3 Å². The maximum Gasteiger partial charge on any atom is 0.142 e. The molecular formula is C16H20N2O. The minimum absolute atomic E-state index is 0.523. The average Bonchev–Trinajstić information content (AvgIpc) is 2.38. The number of benzene rings is 2. The molecule has 0 spiro atoms. The van der Waals surface area contributed by atoms with Crippen molar-refractivity contribution < 1.29 is 4.74 Å². The van der Waals surface area contributed by atoms with Gasteiger partial charge in [0.05, 0.1) is 5.69 Å². The molecule has 3 heteroatoms. The molecule has 0 unspecified atom stereocenters. The fourth-order valence-electron chi connectivity index (χ4n) is 1.88. The Bertz CT molecular complexity index is 564. The van der Waals surface area contributed by atoms with Gasteiger partial charge in [0.25, 0.3) is 0 Å². The summed E-state index contributed by atoms with van der Waals surface area (Å²) in [5, 5.41) is 0. The van der Waals surface area contributed by atoms with Crippen LogP contribution in [0.15, 0.2) is 42.5 Å². The molecule has 100 valence electrons. The third-order valence-electron chi connectivity index (χ3n) is 2.99. The van der Waals surface area contributed by atoms with Crippen molar-refractivity contribution in [3.63, 3.8) is 0 Å². The number of nitrogen functional groups attached to an aromatic ring is 1. The first-order chi connectivity index (χ1) is 9.06. The van der Waals surface area contributed by atoms with Crippen molar-refractivity contribution >= 4 is 11.4 Å². The monoisotopic (exact) mass is 256 g/mol. The largest absolute Gasteiger partial charge is 0.487 e. The maximum absolute atomic E-state index is 5.93. The molecule has 0 aromatic heterocycles. The van der Waals surface area contributed by atoms with E-state index in [9.17, 15) is 0 Å². The zero-order chi connectivity index (χ0) is 13.8. The van der Waals surface area contributed by atoms with E-state index in [-0.39, 0.29) is 0 Å². The molecule has 0 radical (unpaired) electrons. The van der Waals surface area contributed by atoms with E-state index >= 15 is 0 Å². The average molecular weight is 256 g/mol. The van der Waals surface area contributed by atoms with Crippen LogP contribution in [0.4, 0.5) is 11.4 Å². The van der Waals surface area contributed by atoms with E-state index in [4.69, 9.17) is 10.5 Å². The molecule has 0 saturated carbocycles. The first-order valence-corrected chi connectivity index (χ1v) is 6.31. The van der Waals surface area contributed by atoms with E-state index in [0.717, 1.165) is 22.6 Å². The number of nitrogens with two attached hydrogens (primary N) is 1. The Morgan fingerprint density at radius 2 is 1.89 bits per heavy atom. The van der Waals surface area contributed by atoms with Gasteiger partial charge in [0, 0.05) is 19.8 Å². The summed E-state index contributed by atoms with van der Waals surface area (Å²) in [5.41, 5.74) is 10.0. The van der Waals surface area contributed by atoms with Crippen LogP contribution < -0.4 is 15.4 Å². The molecule has 0 bridgehead atoms. The first kappa shape index (κ1) is 13.3. The van der Waals surface area contributed by atoms with Gasteiger partial charge in [-0.15, -0.1) is 0 Å². The number of hydrogen-bond acceptors (Lipinski definition) is 3. The Morgan fingerprint density at radius 3 is 2.58 bits per heavy atom. The molecule has 3 nitrogen and oxygen atoms in total. The zero-order valence-corrected chi connectivity index (χ0v) is 11.7. The summed E-state index contributed by atoms with van der Waals surface area (Å²) < 4.78 is 5.77. The molecule has 0 aliphatic carbocycles. The quantitative estimate of drug-likeness (QED) is 0.854. The SMILES string of the molecule is Cc1ccc(OCc2cccc(N(C)C)c2)c(N)c1. The minimum atomic E-state index is 0.523. The Kier molecular flexibility index (Phi) is 3.95. The van der Waals surface area contributed by atoms with Crippen molar-refractivity contribution in [1.82, 2.24) is 0 Å². The van der Waals surface area contributed by atoms with E-state index in [1.54, 1.807) is 0 Å². The molecule has 2 aromatic carbocycles. The highest BCUT2D eigenvalue weighted by molar-refractivity contribution is 5.54. The zero-order valence-electron chi connectivity index (χ0n) is 11.7. The van der Waals surface area contributed by atoms with Gasteiger partial charge >= 0.3 is 0 Å². The van der Waals surface area contributed by atoms with Gasteiger partial charge in [0.2, 0.25) is 0 Å². The molecule has 0 saturated heterocycles. The molecule has 0 atom stereocenters. The molecule has 0 fully saturated rings. The summed E-state index contributed by atoms with van der Waals surface area (Å²) in [6, 6.07) is 14.1. The third kappa shape index (κ3) is 3.41. The Hall–Kier alpha value is -2.16. The highest BCUT2D eigenvalue weighted by Crippen LogP contribution is 2.23. The van der Waals surface area contributed by atoms with Gasteiger partial charge in [0.15, 0.2) is 0 Å². The van der Waals surface area contributed by atoms with Crippen LogP contribution >= 0.6 is 0 Å². The lowest BCUT2D eigenvalue weighted by Crippen LogP contribution is -2.09. The number of nitrogens with zero attached hydrogens (tertiary/aromatic N) is 1. The molecule has 0 aliphatic heterocycles. The Morgan fingerprint density at radius 1 is 1.11 bits per heavy atom. The van der Waals surface area contributed by atoms with Crippen molar-refractivity contribution in [1.29, 1.82) is 0 Å².